The van der Waals surface area contributed by atoms with Crippen molar-refractivity contribution in [1.29, 1.82) is 0 Å². The Kier molecular flexibility index (Phi) is 8.72. The Hall–Kier alpha value is -2.81. The molecular weight excluding hydrogens is 473 g/mol. The highest BCUT2D eigenvalue weighted by atomic mass is 35.5. The van der Waals surface area contributed by atoms with Gasteiger partial charge in [0.25, 0.3) is 0 Å². The maximum absolute atomic E-state index is 11.5. The van der Waals surface area contributed by atoms with E-state index in [0.717, 1.165) is 5.56 Å². The number of rotatable bonds is 10. The third-order valence-electron chi connectivity index (χ3n) is 4.18. The number of nitrogens with zero attached hydrogens (tertiary/aromatic N) is 2. The fourth-order valence-corrected chi connectivity index (χ4v) is 3.83. The summed E-state index contributed by atoms with van der Waals surface area (Å²) in [5.74, 6) is 0.791. The molecule has 10 heteroatoms. The number of hydrazone groups is 1. The number of ether oxygens (including phenoxy) is 3. The normalized spacial score (nSPS) is 10.9. The smallest absolute Gasteiger partial charge is 0.311 e. The SMILES string of the molecule is CCOC(=O)Cc1csc(N/N=C/c2ccc(OCc3c(Cl)cccc3Cl)c(OC)c2)n1. The van der Waals surface area contributed by atoms with Gasteiger partial charge in [0.2, 0.25) is 5.13 Å². The number of hydrogen-bond acceptors (Lipinski definition) is 8. The van der Waals surface area contributed by atoms with Gasteiger partial charge in [-0.15, -0.1) is 11.3 Å². The highest BCUT2D eigenvalue weighted by Gasteiger charge is 2.10. The summed E-state index contributed by atoms with van der Waals surface area (Å²) < 4.78 is 16.2. The van der Waals surface area contributed by atoms with Crippen LogP contribution in [0.2, 0.25) is 10.0 Å². The first-order chi connectivity index (χ1) is 15.5. The zero-order chi connectivity index (χ0) is 22.9. The average Bonchev–Trinajstić information content (AvgIpc) is 3.21. The summed E-state index contributed by atoms with van der Waals surface area (Å²) in [7, 11) is 1.56. The van der Waals surface area contributed by atoms with E-state index >= 15 is 0 Å². The predicted octanol–water partition coefficient (Wildman–Crippen LogP) is 5.59. The third kappa shape index (κ3) is 6.59. The van der Waals surface area contributed by atoms with Crippen LogP contribution in [-0.4, -0.2) is 30.9 Å². The molecule has 0 unspecified atom stereocenters. The van der Waals surface area contributed by atoms with E-state index in [1.807, 2.05) is 6.07 Å². The lowest BCUT2D eigenvalue weighted by Gasteiger charge is -2.13. The number of benzene rings is 2. The van der Waals surface area contributed by atoms with Crippen LogP contribution in [0, 0.1) is 0 Å². The van der Waals surface area contributed by atoms with E-state index in [2.05, 4.69) is 15.5 Å². The van der Waals surface area contributed by atoms with E-state index < -0.39 is 0 Å². The molecule has 1 N–H and O–H groups in total. The zero-order valence-corrected chi connectivity index (χ0v) is 19.8. The van der Waals surface area contributed by atoms with Crippen molar-refractivity contribution >= 4 is 51.9 Å². The van der Waals surface area contributed by atoms with Gasteiger partial charge in [0, 0.05) is 21.0 Å². The van der Waals surface area contributed by atoms with Crippen LogP contribution in [0.5, 0.6) is 11.5 Å². The minimum Gasteiger partial charge on any atom is -0.493 e. The molecule has 0 bridgehead atoms. The summed E-state index contributed by atoms with van der Waals surface area (Å²) in [5.41, 5.74) is 4.99. The van der Waals surface area contributed by atoms with Crippen molar-refractivity contribution < 1.29 is 19.0 Å². The number of esters is 1. The number of anilines is 1. The van der Waals surface area contributed by atoms with E-state index in [1.54, 1.807) is 56.0 Å². The maximum Gasteiger partial charge on any atom is 0.311 e. The van der Waals surface area contributed by atoms with Crippen molar-refractivity contribution in [3.63, 3.8) is 0 Å². The lowest BCUT2D eigenvalue weighted by Crippen LogP contribution is -2.07. The van der Waals surface area contributed by atoms with Crippen LogP contribution in [0.1, 0.15) is 23.7 Å². The highest BCUT2D eigenvalue weighted by molar-refractivity contribution is 7.13. The van der Waals surface area contributed by atoms with Gasteiger partial charge in [-0.1, -0.05) is 29.3 Å². The third-order valence-corrected chi connectivity index (χ3v) is 5.68. The van der Waals surface area contributed by atoms with E-state index in [4.69, 9.17) is 37.4 Å². The molecular formula is C22H21Cl2N3O4S. The number of nitrogens with one attached hydrogen (secondary N) is 1. The molecule has 168 valence electrons. The minimum atomic E-state index is -0.306. The summed E-state index contributed by atoms with van der Waals surface area (Å²) in [5, 5.41) is 7.63. The second kappa shape index (κ2) is 11.7. The Balaban J connectivity index is 1.60. The van der Waals surface area contributed by atoms with Gasteiger partial charge >= 0.3 is 5.97 Å². The molecule has 0 saturated carbocycles. The number of hydrogen-bond donors (Lipinski definition) is 1. The van der Waals surface area contributed by atoms with Crippen LogP contribution in [0.4, 0.5) is 5.13 Å². The number of carbonyl (C=O) groups is 1. The van der Waals surface area contributed by atoms with E-state index in [1.165, 1.54) is 11.3 Å². The van der Waals surface area contributed by atoms with Crippen molar-refractivity contribution in [3.8, 4) is 11.5 Å². The molecule has 0 atom stereocenters. The molecule has 0 spiro atoms. The van der Waals surface area contributed by atoms with Crippen LogP contribution in [0.3, 0.4) is 0 Å². The monoisotopic (exact) mass is 493 g/mol. The molecule has 0 aliphatic rings. The van der Waals surface area contributed by atoms with Crippen molar-refractivity contribution in [2.75, 3.05) is 19.1 Å². The first-order valence-corrected chi connectivity index (χ1v) is 11.3. The predicted molar refractivity (Wildman–Crippen MR) is 127 cm³/mol. The molecule has 7 nitrogen and oxygen atoms in total. The van der Waals surface area contributed by atoms with Crippen LogP contribution >= 0.6 is 34.5 Å². The van der Waals surface area contributed by atoms with Crippen molar-refractivity contribution in [2.45, 2.75) is 20.0 Å². The Bertz CT molecular complexity index is 1080. The van der Waals surface area contributed by atoms with Crippen LogP contribution < -0.4 is 14.9 Å². The van der Waals surface area contributed by atoms with Gasteiger partial charge in [0.15, 0.2) is 11.5 Å². The minimum absolute atomic E-state index is 0.133. The van der Waals surface area contributed by atoms with Crippen molar-refractivity contribution in [1.82, 2.24) is 4.98 Å². The van der Waals surface area contributed by atoms with Gasteiger partial charge in [-0.2, -0.15) is 5.10 Å². The molecule has 32 heavy (non-hydrogen) atoms. The molecule has 3 rings (SSSR count). The summed E-state index contributed by atoms with van der Waals surface area (Å²) in [6.45, 7) is 2.32. The number of thiazole rings is 1. The molecule has 0 saturated heterocycles. The Morgan fingerprint density at radius 1 is 1.22 bits per heavy atom. The molecule has 0 fully saturated rings. The van der Waals surface area contributed by atoms with Gasteiger partial charge in [0.05, 0.1) is 32.0 Å². The highest BCUT2D eigenvalue weighted by Crippen LogP contribution is 2.31. The van der Waals surface area contributed by atoms with E-state index in [0.29, 0.717) is 44.5 Å². The molecule has 1 aromatic heterocycles. The summed E-state index contributed by atoms with van der Waals surface area (Å²) >= 11 is 13.7. The number of aromatic nitrogens is 1. The lowest BCUT2D eigenvalue weighted by molar-refractivity contribution is -0.142. The summed E-state index contributed by atoms with van der Waals surface area (Å²) in [6.07, 6.45) is 1.76. The Labute approximate surface area is 199 Å². The Morgan fingerprint density at radius 3 is 2.72 bits per heavy atom. The van der Waals surface area contributed by atoms with E-state index in [9.17, 15) is 4.79 Å². The largest absolute Gasteiger partial charge is 0.493 e. The zero-order valence-electron chi connectivity index (χ0n) is 17.4. The van der Waals surface area contributed by atoms with Gasteiger partial charge in [-0.25, -0.2) is 4.98 Å². The molecule has 1 heterocycles. The molecule has 3 aromatic rings. The fourth-order valence-electron chi connectivity index (χ4n) is 2.67. The molecule has 0 aliphatic heterocycles. The molecule has 2 aromatic carbocycles. The van der Waals surface area contributed by atoms with Crippen LogP contribution in [-0.2, 0) is 22.6 Å². The summed E-state index contributed by atoms with van der Waals surface area (Å²) in [6, 6.07) is 10.7. The standard InChI is InChI=1S/C22H21Cl2N3O4S/c1-3-30-21(28)10-15-13-32-22(26-15)27-25-11-14-7-8-19(20(9-14)29-2)31-12-16-17(23)5-4-6-18(16)24/h4-9,11,13H,3,10,12H2,1-2H3,(H,26,27)/b25-11+. The second-order valence-corrected chi connectivity index (χ2v) is 8.07. The number of carbonyl (C=O) groups excluding carboxylic acids is 1. The number of methoxy groups -OCH3 is 1. The van der Waals surface area contributed by atoms with Crippen LogP contribution in [0.15, 0.2) is 46.9 Å². The summed E-state index contributed by atoms with van der Waals surface area (Å²) in [4.78, 5) is 15.8. The van der Waals surface area contributed by atoms with Gasteiger partial charge in [0.1, 0.15) is 6.61 Å². The first-order valence-electron chi connectivity index (χ1n) is 9.63. The average molecular weight is 494 g/mol. The fraction of sp³-hybridized carbons (Fsp3) is 0.227. The van der Waals surface area contributed by atoms with Gasteiger partial charge in [-0.3, -0.25) is 10.2 Å². The van der Waals surface area contributed by atoms with Crippen LogP contribution in [0.25, 0.3) is 0 Å². The van der Waals surface area contributed by atoms with Crippen molar-refractivity contribution in [3.05, 3.63) is 68.6 Å². The van der Waals surface area contributed by atoms with Crippen molar-refractivity contribution in [2.24, 2.45) is 5.10 Å². The lowest BCUT2D eigenvalue weighted by atomic mass is 10.2. The topological polar surface area (TPSA) is 82.0 Å². The molecule has 0 amide bonds. The first kappa shape index (κ1) is 23.8. The van der Waals surface area contributed by atoms with Gasteiger partial charge < -0.3 is 14.2 Å². The number of halogens is 2. The maximum atomic E-state index is 11.5. The Morgan fingerprint density at radius 2 is 2.00 bits per heavy atom. The molecule has 0 aliphatic carbocycles. The molecule has 0 radical (unpaired) electrons. The van der Waals surface area contributed by atoms with E-state index in [-0.39, 0.29) is 19.0 Å². The van der Waals surface area contributed by atoms with Gasteiger partial charge in [-0.05, 0) is 42.8 Å². The quantitative estimate of drug-likeness (QED) is 0.225. The second-order valence-electron chi connectivity index (χ2n) is 6.39.